The van der Waals surface area contributed by atoms with E-state index in [1.807, 2.05) is 11.6 Å². The van der Waals surface area contributed by atoms with Gasteiger partial charge in [-0.25, -0.2) is 18.4 Å². The normalized spacial score (nSPS) is 12.0. The molecule has 0 amide bonds. The molecule has 3 rings (SSSR count). The first-order valence-corrected chi connectivity index (χ1v) is 7.94. The maximum absolute atomic E-state index is 12.2. The van der Waals surface area contributed by atoms with Crippen LogP contribution in [0.5, 0.6) is 0 Å². The molecule has 0 saturated carbocycles. The van der Waals surface area contributed by atoms with Crippen LogP contribution >= 0.6 is 11.3 Å². The predicted molar refractivity (Wildman–Crippen MR) is 72.6 cm³/mol. The number of nitrogen functional groups attached to an aromatic ring is 1. The van der Waals surface area contributed by atoms with Crippen LogP contribution in [0.15, 0.2) is 41.1 Å². The summed E-state index contributed by atoms with van der Waals surface area (Å²) >= 11 is 1.45. The number of hydrogen-bond acceptors (Lipinski definition) is 6. The molecule has 0 aliphatic carbocycles. The number of pyridine rings is 1. The Hall–Kier alpha value is -1.93. The lowest BCUT2D eigenvalue weighted by molar-refractivity contribution is 0.591. The van der Waals surface area contributed by atoms with Crippen molar-refractivity contribution in [2.75, 3.05) is 5.73 Å². The first-order chi connectivity index (χ1) is 9.06. The van der Waals surface area contributed by atoms with Gasteiger partial charge in [0.2, 0.25) is 9.84 Å². The van der Waals surface area contributed by atoms with Crippen LogP contribution < -0.4 is 5.73 Å². The molecule has 3 heterocycles. The van der Waals surface area contributed by atoms with Crippen LogP contribution in [0.25, 0.3) is 4.96 Å². The molecule has 6 nitrogen and oxygen atoms in total. The van der Waals surface area contributed by atoms with Crippen LogP contribution in [-0.4, -0.2) is 22.8 Å². The molecule has 0 aliphatic heterocycles. The van der Waals surface area contributed by atoms with E-state index in [0.29, 0.717) is 5.69 Å². The molecule has 0 unspecified atom stereocenters. The lowest BCUT2D eigenvalue weighted by Crippen LogP contribution is -2.10. The van der Waals surface area contributed by atoms with Crippen molar-refractivity contribution in [2.45, 2.75) is 10.8 Å². The molecular formula is C11H10N4O2S2. The van der Waals surface area contributed by atoms with Crippen LogP contribution in [0.1, 0.15) is 5.69 Å². The highest BCUT2D eigenvalue weighted by Crippen LogP contribution is 2.20. The zero-order valence-electron chi connectivity index (χ0n) is 9.72. The number of aromatic nitrogens is 3. The zero-order valence-corrected chi connectivity index (χ0v) is 11.4. The molecular weight excluding hydrogens is 284 g/mol. The smallest absolute Gasteiger partial charge is 0.203 e. The van der Waals surface area contributed by atoms with Crippen molar-refractivity contribution in [1.29, 1.82) is 0 Å². The molecule has 3 aromatic rings. The third-order valence-electron chi connectivity index (χ3n) is 2.58. The van der Waals surface area contributed by atoms with Crippen molar-refractivity contribution >= 4 is 31.8 Å². The molecule has 0 radical (unpaired) electrons. The highest BCUT2D eigenvalue weighted by Gasteiger charge is 2.21. The van der Waals surface area contributed by atoms with Gasteiger partial charge < -0.3 is 5.73 Å². The van der Waals surface area contributed by atoms with E-state index in [0.717, 1.165) is 4.96 Å². The molecule has 98 valence electrons. The van der Waals surface area contributed by atoms with Crippen LogP contribution in [0.4, 0.5) is 5.69 Å². The van der Waals surface area contributed by atoms with Crippen LogP contribution in [0.3, 0.4) is 0 Å². The van der Waals surface area contributed by atoms with Gasteiger partial charge in [-0.3, -0.25) is 4.40 Å². The van der Waals surface area contributed by atoms with Gasteiger partial charge in [-0.15, -0.1) is 11.3 Å². The van der Waals surface area contributed by atoms with Crippen LogP contribution in [0.2, 0.25) is 0 Å². The summed E-state index contributed by atoms with van der Waals surface area (Å²) in [7, 11) is -3.58. The lowest BCUT2D eigenvalue weighted by atomic mass is 10.4. The standard InChI is InChI=1S/C11H10N4O2S2/c12-9-2-1-3-13-10(9)19(16,17)7-8-6-15-4-5-18-11(15)14-8/h1-6H,7,12H2. The van der Waals surface area contributed by atoms with E-state index >= 15 is 0 Å². The van der Waals surface area contributed by atoms with E-state index in [1.54, 1.807) is 16.7 Å². The molecule has 0 spiro atoms. The third-order valence-corrected chi connectivity index (χ3v) is 4.95. The summed E-state index contributed by atoms with van der Waals surface area (Å²) in [6, 6.07) is 3.12. The molecule has 3 aromatic heterocycles. The summed E-state index contributed by atoms with van der Waals surface area (Å²) in [4.78, 5) is 8.85. The molecule has 2 N–H and O–H groups in total. The molecule has 19 heavy (non-hydrogen) atoms. The molecule has 8 heteroatoms. The van der Waals surface area contributed by atoms with Gasteiger partial charge in [0, 0.05) is 24.0 Å². The van der Waals surface area contributed by atoms with Crippen molar-refractivity contribution in [1.82, 2.24) is 14.4 Å². The van der Waals surface area contributed by atoms with Gasteiger partial charge >= 0.3 is 0 Å². The summed E-state index contributed by atoms with van der Waals surface area (Å²) in [6.45, 7) is 0. The SMILES string of the molecule is Nc1cccnc1S(=O)(=O)Cc1cn2ccsc2n1. The maximum Gasteiger partial charge on any atom is 0.203 e. The first kappa shape index (κ1) is 12.1. The van der Waals surface area contributed by atoms with E-state index in [1.165, 1.54) is 23.6 Å². The Kier molecular flexibility index (Phi) is 2.76. The topological polar surface area (TPSA) is 90.3 Å². The second-order valence-electron chi connectivity index (χ2n) is 3.98. The maximum atomic E-state index is 12.2. The number of hydrogen-bond donors (Lipinski definition) is 1. The fourth-order valence-electron chi connectivity index (χ4n) is 1.77. The van der Waals surface area contributed by atoms with Crippen molar-refractivity contribution in [3.8, 4) is 0 Å². The summed E-state index contributed by atoms with van der Waals surface area (Å²) in [6.07, 6.45) is 4.94. The fraction of sp³-hybridized carbons (Fsp3) is 0.0909. The highest BCUT2D eigenvalue weighted by molar-refractivity contribution is 7.90. The van der Waals surface area contributed by atoms with Crippen molar-refractivity contribution in [2.24, 2.45) is 0 Å². The molecule has 0 bridgehead atoms. The Bertz CT molecular complexity index is 807. The van der Waals surface area contributed by atoms with E-state index in [2.05, 4.69) is 9.97 Å². The van der Waals surface area contributed by atoms with Gasteiger partial charge in [0.05, 0.1) is 11.4 Å². The number of fused-ring (bicyclic) bond motifs is 1. The van der Waals surface area contributed by atoms with Gasteiger partial charge in [-0.1, -0.05) is 0 Å². The summed E-state index contributed by atoms with van der Waals surface area (Å²) < 4.78 is 26.3. The second-order valence-corrected chi connectivity index (χ2v) is 6.76. The average molecular weight is 294 g/mol. The predicted octanol–water partition coefficient (Wildman–Crippen LogP) is 1.35. The fourth-order valence-corrected chi connectivity index (χ4v) is 3.80. The average Bonchev–Trinajstić information content (AvgIpc) is 2.89. The lowest BCUT2D eigenvalue weighted by Gasteiger charge is -2.04. The number of rotatable bonds is 3. The van der Waals surface area contributed by atoms with Gasteiger partial charge in [0.1, 0.15) is 5.75 Å². The van der Waals surface area contributed by atoms with Gasteiger partial charge in [0.25, 0.3) is 0 Å². The second kappa shape index (κ2) is 4.32. The molecule has 0 saturated heterocycles. The van der Waals surface area contributed by atoms with Crippen molar-refractivity contribution < 1.29 is 8.42 Å². The van der Waals surface area contributed by atoms with Gasteiger partial charge in [0.15, 0.2) is 9.99 Å². The van der Waals surface area contributed by atoms with E-state index in [-0.39, 0.29) is 16.5 Å². The van der Waals surface area contributed by atoms with Gasteiger partial charge in [-0.05, 0) is 12.1 Å². The first-order valence-electron chi connectivity index (χ1n) is 5.40. The third kappa shape index (κ3) is 2.20. The summed E-state index contributed by atoms with van der Waals surface area (Å²) in [5.74, 6) is -0.206. The van der Waals surface area contributed by atoms with Crippen molar-refractivity contribution in [3.05, 3.63) is 41.8 Å². The number of anilines is 1. The molecule has 0 fully saturated rings. The quantitative estimate of drug-likeness (QED) is 0.787. The van der Waals surface area contributed by atoms with E-state index in [9.17, 15) is 8.42 Å². The number of nitrogens with zero attached hydrogens (tertiary/aromatic N) is 3. The van der Waals surface area contributed by atoms with Gasteiger partial charge in [-0.2, -0.15) is 0 Å². The number of sulfone groups is 1. The number of imidazole rings is 1. The molecule has 0 atom stereocenters. The molecule has 0 aromatic carbocycles. The monoisotopic (exact) mass is 294 g/mol. The minimum Gasteiger partial charge on any atom is -0.396 e. The highest BCUT2D eigenvalue weighted by atomic mass is 32.2. The van der Waals surface area contributed by atoms with E-state index in [4.69, 9.17) is 5.73 Å². The van der Waals surface area contributed by atoms with Crippen molar-refractivity contribution in [3.63, 3.8) is 0 Å². The summed E-state index contributed by atoms with van der Waals surface area (Å²) in [5, 5.41) is 1.79. The minimum atomic E-state index is -3.58. The zero-order chi connectivity index (χ0) is 13.5. The summed E-state index contributed by atoms with van der Waals surface area (Å²) in [5.41, 5.74) is 6.29. The van der Waals surface area contributed by atoms with Crippen LogP contribution in [-0.2, 0) is 15.6 Å². The number of thiazole rings is 1. The Balaban J connectivity index is 1.98. The minimum absolute atomic E-state index is 0.0913. The van der Waals surface area contributed by atoms with Crippen LogP contribution in [0, 0.1) is 0 Å². The van der Waals surface area contributed by atoms with E-state index < -0.39 is 9.84 Å². The Labute approximate surface area is 113 Å². The Morgan fingerprint density at radius 3 is 3.00 bits per heavy atom. The number of nitrogens with two attached hydrogens (primary N) is 1. The Morgan fingerprint density at radius 2 is 2.26 bits per heavy atom. The Morgan fingerprint density at radius 1 is 1.42 bits per heavy atom. The molecule has 0 aliphatic rings. The largest absolute Gasteiger partial charge is 0.396 e.